The molecule has 2 atom stereocenters. The Hall–Kier alpha value is -1.22. The summed E-state index contributed by atoms with van der Waals surface area (Å²) >= 11 is 0. The normalized spacial score (nSPS) is 14.1. The predicted molar refractivity (Wildman–Crippen MR) is 47.2 cm³/mol. The van der Waals surface area contributed by atoms with Crippen LogP contribution in [0.1, 0.15) is 0 Å². The molecule has 15 heavy (non-hydrogen) atoms. The van der Waals surface area contributed by atoms with Gasteiger partial charge in [-0.2, -0.15) is 0 Å². The van der Waals surface area contributed by atoms with Gasteiger partial charge in [-0.15, -0.1) is 0 Å². The van der Waals surface area contributed by atoms with Crippen molar-refractivity contribution in [3.63, 3.8) is 0 Å². The highest BCUT2D eigenvalue weighted by Gasteiger charge is 2.16. The van der Waals surface area contributed by atoms with Crippen LogP contribution in [0, 0.1) is 0 Å². The highest BCUT2D eigenvalue weighted by molar-refractivity contribution is 5.77. The zero-order valence-corrected chi connectivity index (χ0v) is 7.96. The van der Waals surface area contributed by atoms with Crippen molar-refractivity contribution in [2.45, 2.75) is 12.1 Å². The summed E-state index contributed by atoms with van der Waals surface area (Å²) in [7, 11) is 0. The van der Waals surface area contributed by atoms with Crippen molar-refractivity contribution in [1.82, 2.24) is 0 Å². The van der Waals surface area contributed by atoms with Gasteiger partial charge in [-0.3, -0.25) is 9.59 Å². The van der Waals surface area contributed by atoms with Crippen LogP contribution in [0.3, 0.4) is 0 Å². The molecule has 0 aliphatic heterocycles. The number of aliphatic hydroxyl groups excluding tert-OH is 2. The third kappa shape index (κ3) is 5.27. The summed E-state index contributed by atoms with van der Waals surface area (Å²) in [6.07, 6.45) is 0. The summed E-state index contributed by atoms with van der Waals surface area (Å²) in [5.74, 6) is -1.80. The van der Waals surface area contributed by atoms with E-state index in [-0.39, 0.29) is 0 Å². The van der Waals surface area contributed by atoms with Crippen molar-refractivity contribution in [1.29, 1.82) is 0 Å². The van der Waals surface area contributed by atoms with Crippen LogP contribution in [-0.4, -0.2) is 54.2 Å². The fourth-order valence-corrected chi connectivity index (χ4v) is 0.509. The fourth-order valence-electron chi connectivity index (χ4n) is 0.509. The van der Waals surface area contributed by atoms with Gasteiger partial charge in [-0.1, -0.05) is 0 Å². The minimum Gasteiger partial charge on any atom is -0.427 e. The molecule has 0 radical (unpaired) electrons. The molecule has 0 saturated carbocycles. The summed E-state index contributed by atoms with van der Waals surface area (Å²) in [6.45, 7) is -1.79. The Morgan fingerprint density at radius 1 is 1.00 bits per heavy atom. The van der Waals surface area contributed by atoms with Crippen molar-refractivity contribution in [3.8, 4) is 0 Å². The van der Waals surface area contributed by atoms with E-state index in [1.54, 1.807) is 0 Å². The average molecular weight is 222 g/mol. The van der Waals surface area contributed by atoms with Crippen LogP contribution in [0.5, 0.6) is 0 Å². The molecule has 0 aliphatic rings. The number of hydrogen-bond acceptors (Lipinski definition) is 8. The maximum Gasteiger partial charge on any atom is 0.328 e. The Labute approximate surface area is 85.7 Å². The second-order valence-corrected chi connectivity index (χ2v) is 2.62. The van der Waals surface area contributed by atoms with E-state index >= 15 is 0 Å². The van der Waals surface area contributed by atoms with Crippen molar-refractivity contribution >= 4 is 11.9 Å². The SMILES string of the molecule is N[C@H](CO)C(=O)OCOC(=O)[C@H](N)CO. The molecule has 0 heterocycles. The molecule has 6 N–H and O–H groups in total. The minimum atomic E-state index is -1.17. The van der Waals surface area contributed by atoms with Gasteiger partial charge >= 0.3 is 11.9 Å². The van der Waals surface area contributed by atoms with Crippen LogP contribution in [0.15, 0.2) is 0 Å². The molecule has 88 valence electrons. The van der Waals surface area contributed by atoms with Crippen LogP contribution in [0.2, 0.25) is 0 Å². The van der Waals surface area contributed by atoms with E-state index in [9.17, 15) is 9.59 Å². The van der Waals surface area contributed by atoms with E-state index in [4.69, 9.17) is 21.7 Å². The molecule has 0 saturated heterocycles. The summed E-state index contributed by atoms with van der Waals surface area (Å²) in [5.41, 5.74) is 10.2. The smallest absolute Gasteiger partial charge is 0.328 e. The topological polar surface area (TPSA) is 145 Å². The molecule has 8 heteroatoms. The summed E-state index contributed by atoms with van der Waals surface area (Å²) in [6, 6.07) is -2.34. The van der Waals surface area contributed by atoms with Crippen LogP contribution in [-0.2, 0) is 19.1 Å². The summed E-state index contributed by atoms with van der Waals surface area (Å²) in [5, 5.41) is 16.9. The second kappa shape index (κ2) is 7.12. The number of esters is 2. The first-order valence-corrected chi connectivity index (χ1v) is 4.09. The number of rotatable bonds is 6. The van der Waals surface area contributed by atoms with E-state index in [1.165, 1.54) is 0 Å². The monoisotopic (exact) mass is 222 g/mol. The molecule has 0 aromatic carbocycles. The lowest BCUT2D eigenvalue weighted by molar-refractivity contribution is -0.169. The Kier molecular flexibility index (Phi) is 6.54. The lowest BCUT2D eigenvalue weighted by atomic mass is 10.3. The standard InChI is InChI=1S/C7H14N2O6/c8-4(1-10)6(12)14-3-15-7(13)5(9)2-11/h4-5,10-11H,1-3,8-9H2/t4-,5-/m1/s1. The molecular formula is C7H14N2O6. The molecule has 0 aliphatic carbocycles. The number of nitrogens with two attached hydrogens (primary N) is 2. The Balaban J connectivity index is 3.70. The Bertz CT molecular complexity index is 200. The number of hydrogen-bond donors (Lipinski definition) is 4. The van der Waals surface area contributed by atoms with E-state index in [1.807, 2.05) is 0 Å². The van der Waals surface area contributed by atoms with Crippen LogP contribution in [0.25, 0.3) is 0 Å². The average Bonchev–Trinajstić information content (AvgIpc) is 2.26. The molecule has 0 rings (SSSR count). The number of carbonyl (C=O) groups excluding carboxylic acids is 2. The van der Waals surface area contributed by atoms with Gasteiger partial charge in [0.05, 0.1) is 13.2 Å². The molecule has 0 spiro atoms. The van der Waals surface area contributed by atoms with Crippen molar-refractivity contribution in [2.24, 2.45) is 11.5 Å². The molecular weight excluding hydrogens is 208 g/mol. The molecule has 8 nitrogen and oxygen atoms in total. The van der Waals surface area contributed by atoms with E-state index in [2.05, 4.69) is 9.47 Å². The van der Waals surface area contributed by atoms with Gasteiger partial charge in [0.15, 0.2) is 0 Å². The van der Waals surface area contributed by atoms with E-state index < -0.39 is 44.0 Å². The van der Waals surface area contributed by atoms with Gasteiger partial charge in [0.2, 0.25) is 6.79 Å². The highest BCUT2D eigenvalue weighted by atomic mass is 16.7. The third-order valence-electron chi connectivity index (χ3n) is 1.40. The van der Waals surface area contributed by atoms with Crippen LogP contribution >= 0.6 is 0 Å². The van der Waals surface area contributed by atoms with E-state index in [0.29, 0.717) is 0 Å². The van der Waals surface area contributed by atoms with E-state index in [0.717, 1.165) is 0 Å². The first-order valence-electron chi connectivity index (χ1n) is 4.09. The van der Waals surface area contributed by atoms with Crippen LogP contribution in [0.4, 0.5) is 0 Å². The molecule has 0 bridgehead atoms. The Morgan fingerprint density at radius 2 is 1.33 bits per heavy atom. The lowest BCUT2D eigenvalue weighted by Crippen LogP contribution is -2.38. The van der Waals surface area contributed by atoms with Crippen molar-refractivity contribution in [2.75, 3.05) is 20.0 Å². The highest BCUT2D eigenvalue weighted by Crippen LogP contribution is 1.89. The first-order chi connectivity index (χ1) is 7.02. The molecule has 0 aromatic heterocycles. The molecule has 0 aromatic rings. The summed E-state index contributed by atoms with van der Waals surface area (Å²) < 4.78 is 8.71. The van der Waals surface area contributed by atoms with Gasteiger partial charge in [-0.25, -0.2) is 0 Å². The molecule has 0 amide bonds. The zero-order chi connectivity index (χ0) is 11.8. The van der Waals surface area contributed by atoms with Gasteiger partial charge < -0.3 is 31.2 Å². The number of aliphatic hydroxyl groups is 2. The Morgan fingerprint density at radius 3 is 1.60 bits per heavy atom. The third-order valence-corrected chi connectivity index (χ3v) is 1.40. The minimum absolute atomic E-state index is 0.567. The summed E-state index contributed by atoms with van der Waals surface area (Å²) in [4.78, 5) is 21.6. The zero-order valence-electron chi connectivity index (χ0n) is 7.96. The van der Waals surface area contributed by atoms with Gasteiger partial charge in [0, 0.05) is 0 Å². The van der Waals surface area contributed by atoms with Gasteiger partial charge in [0.1, 0.15) is 12.1 Å². The molecule has 0 fully saturated rings. The first kappa shape index (κ1) is 13.8. The maximum atomic E-state index is 10.8. The lowest BCUT2D eigenvalue weighted by Gasteiger charge is -2.11. The fraction of sp³-hybridized carbons (Fsp3) is 0.714. The van der Waals surface area contributed by atoms with Crippen molar-refractivity contribution < 1.29 is 29.3 Å². The largest absolute Gasteiger partial charge is 0.427 e. The number of carbonyl (C=O) groups is 2. The predicted octanol–water partition coefficient (Wildman–Crippen LogP) is -3.33. The molecule has 0 unspecified atom stereocenters. The quantitative estimate of drug-likeness (QED) is 0.269. The number of ether oxygens (including phenoxy) is 2. The van der Waals surface area contributed by atoms with Gasteiger partial charge in [-0.05, 0) is 0 Å². The maximum absolute atomic E-state index is 10.8. The second-order valence-electron chi connectivity index (χ2n) is 2.62. The van der Waals surface area contributed by atoms with Crippen molar-refractivity contribution in [3.05, 3.63) is 0 Å². The van der Waals surface area contributed by atoms with Gasteiger partial charge in [0.25, 0.3) is 0 Å². The van der Waals surface area contributed by atoms with Crippen LogP contribution < -0.4 is 11.5 Å².